The Morgan fingerprint density at radius 3 is 2.86 bits per heavy atom. The zero-order valence-electron chi connectivity index (χ0n) is 20.2. The summed E-state index contributed by atoms with van der Waals surface area (Å²) < 4.78 is 6.13. The molecule has 1 aliphatic rings. The zero-order valence-corrected chi connectivity index (χ0v) is 21.8. The van der Waals surface area contributed by atoms with Gasteiger partial charge in [-0.15, -0.1) is 11.3 Å². The third-order valence-electron chi connectivity index (χ3n) is 6.16. The summed E-state index contributed by atoms with van der Waals surface area (Å²) in [7, 11) is 0. The SMILES string of the molecule is CCC(C)(O)SN1CC(CC#N)(n2cc(-c3nc(Nc4cnn(CC(=O)O)c4)nc4ccsc34)cn2)C1. The number of thiophene rings is 1. The molecule has 37 heavy (non-hydrogen) atoms. The first-order valence-electron chi connectivity index (χ1n) is 11.6. The molecule has 0 bridgehead atoms. The third kappa shape index (κ3) is 5.16. The molecule has 0 saturated carbocycles. The molecule has 0 aromatic carbocycles. The summed E-state index contributed by atoms with van der Waals surface area (Å²) >= 11 is 2.92. The summed E-state index contributed by atoms with van der Waals surface area (Å²) in [5.41, 5.74) is 2.36. The molecule has 0 spiro atoms. The standard InChI is InChI=1S/C23H25N9O3S2/c1-3-22(2,35)37-31-13-23(14-31,5-6-24)32-10-15(8-26-32)19-20-17(4-7-36-20)28-21(29-19)27-16-9-25-30(11-16)12-18(33)34/h4,7-11,35H,3,5,12-14H2,1-2H3,(H,33,34)(H,27,28,29). The van der Waals surface area contributed by atoms with Gasteiger partial charge in [0.25, 0.3) is 0 Å². The minimum absolute atomic E-state index is 0.243. The fourth-order valence-corrected chi connectivity index (χ4v) is 6.24. The monoisotopic (exact) mass is 539 g/mol. The van der Waals surface area contributed by atoms with E-state index in [1.54, 1.807) is 19.3 Å². The van der Waals surface area contributed by atoms with Gasteiger partial charge in [0.1, 0.15) is 17.0 Å². The van der Waals surface area contributed by atoms with Gasteiger partial charge in [0.2, 0.25) is 5.95 Å². The number of hydrogen-bond donors (Lipinski definition) is 3. The summed E-state index contributed by atoms with van der Waals surface area (Å²) in [5, 5.41) is 42.6. The van der Waals surface area contributed by atoms with E-state index in [-0.39, 0.29) is 6.54 Å². The van der Waals surface area contributed by atoms with E-state index in [0.717, 1.165) is 15.8 Å². The molecular formula is C23H25N9O3S2. The molecule has 1 unspecified atom stereocenters. The van der Waals surface area contributed by atoms with Crippen LogP contribution in [0.2, 0.25) is 0 Å². The van der Waals surface area contributed by atoms with Crippen molar-refractivity contribution in [1.29, 1.82) is 5.26 Å². The second-order valence-electron chi connectivity index (χ2n) is 9.13. The highest BCUT2D eigenvalue weighted by atomic mass is 32.2. The van der Waals surface area contributed by atoms with Crippen LogP contribution in [0.1, 0.15) is 26.7 Å². The fraction of sp³-hybridized carbons (Fsp3) is 0.391. The number of rotatable bonds is 10. The number of carboxylic acids is 1. The van der Waals surface area contributed by atoms with Crippen LogP contribution in [-0.4, -0.2) is 68.0 Å². The van der Waals surface area contributed by atoms with Gasteiger partial charge < -0.3 is 15.5 Å². The number of fused-ring (bicyclic) bond motifs is 1. The summed E-state index contributed by atoms with van der Waals surface area (Å²) in [4.78, 5) is 19.4. The molecular weight excluding hydrogens is 514 g/mol. The second-order valence-corrected chi connectivity index (χ2v) is 11.6. The number of carboxylic acid groups (broad SMARTS) is 1. The first-order valence-corrected chi connectivity index (χ1v) is 13.2. The number of aliphatic carboxylic acids is 1. The van der Waals surface area contributed by atoms with Crippen molar-refractivity contribution >= 4 is 51.1 Å². The van der Waals surface area contributed by atoms with Crippen LogP contribution >= 0.6 is 23.3 Å². The molecule has 1 saturated heterocycles. The Kier molecular flexibility index (Phi) is 6.63. The number of nitrogens with zero attached hydrogens (tertiary/aromatic N) is 8. The number of aromatic nitrogens is 6. The van der Waals surface area contributed by atoms with Gasteiger partial charge in [-0.1, -0.05) is 6.92 Å². The molecule has 12 nitrogen and oxygen atoms in total. The van der Waals surface area contributed by atoms with Crippen molar-refractivity contribution < 1.29 is 15.0 Å². The highest BCUT2D eigenvalue weighted by molar-refractivity contribution is 7.98. The molecule has 1 fully saturated rings. The number of aliphatic hydroxyl groups is 1. The summed E-state index contributed by atoms with van der Waals surface area (Å²) in [6, 6.07) is 4.20. The zero-order chi connectivity index (χ0) is 26.2. The van der Waals surface area contributed by atoms with Crippen LogP contribution in [0.3, 0.4) is 0 Å². The van der Waals surface area contributed by atoms with Gasteiger partial charge in [0.15, 0.2) is 0 Å². The maximum absolute atomic E-state index is 10.9. The largest absolute Gasteiger partial charge is 0.480 e. The Hall–Kier alpha value is -3.51. The Bertz CT molecular complexity index is 1480. The van der Waals surface area contributed by atoms with Crippen LogP contribution in [0, 0.1) is 11.3 Å². The van der Waals surface area contributed by atoms with E-state index in [1.165, 1.54) is 34.2 Å². The highest BCUT2D eigenvalue weighted by Crippen LogP contribution is 2.42. The van der Waals surface area contributed by atoms with E-state index in [4.69, 9.17) is 10.1 Å². The minimum atomic E-state index is -0.983. The average molecular weight is 540 g/mol. The van der Waals surface area contributed by atoms with Crippen LogP contribution in [0.4, 0.5) is 11.6 Å². The van der Waals surface area contributed by atoms with E-state index >= 15 is 0 Å². The average Bonchev–Trinajstić information content (AvgIpc) is 3.58. The molecule has 0 amide bonds. The summed E-state index contributed by atoms with van der Waals surface area (Å²) in [6.07, 6.45) is 7.66. The van der Waals surface area contributed by atoms with E-state index < -0.39 is 16.4 Å². The van der Waals surface area contributed by atoms with Gasteiger partial charge in [-0.25, -0.2) is 14.3 Å². The first-order chi connectivity index (χ1) is 17.7. The third-order valence-corrected chi connectivity index (χ3v) is 8.27. The van der Waals surface area contributed by atoms with Crippen molar-refractivity contribution in [1.82, 2.24) is 33.8 Å². The normalized spacial score (nSPS) is 16.7. The van der Waals surface area contributed by atoms with Crippen molar-refractivity contribution in [2.24, 2.45) is 0 Å². The lowest BCUT2D eigenvalue weighted by Crippen LogP contribution is -2.61. The molecule has 5 rings (SSSR count). The molecule has 1 atom stereocenters. The number of nitrogens with one attached hydrogen (secondary N) is 1. The predicted octanol–water partition coefficient (Wildman–Crippen LogP) is 3.27. The van der Waals surface area contributed by atoms with Gasteiger partial charge >= 0.3 is 5.97 Å². The molecule has 1 aliphatic heterocycles. The van der Waals surface area contributed by atoms with Crippen LogP contribution in [-0.2, 0) is 16.9 Å². The lowest BCUT2D eigenvalue weighted by atomic mass is 9.89. The number of nitriles is 1. The van der Waals surface area contributed by atoms with Crippen molar-refractivity contribution in [2.75, 3.05) is 18.4 Å². The number of hydrogen-bond acceptors (Lipinski definition) is 11. The first kappa shape index (κ1) is 25.2. The van der Waals surface area contributed by atoms with E-state index in [2.05, 4.69) is 30.9 Å². The quantitative estimate of drug-likeness (QED) is 0.201. The maximum Gasteiger partial charge on any atom is 0.325 e. The summed E-state index contributed by atoms with van der Waals surface area (Å²) in [5.74, 6) is -0.633. The fourth-order valence-electron chi connectivity index (χ4n) is 4.10. The van der Waals surface area contributed by atoms with Crippen LogP contribution in [0.15, 0.2) is 36.2 Å². The molecule has 5 heterocycles. The molecule has 0 aliphatic carbocycles. The van der Waals surface area contributed by atoms with Crippen LogP contribution in [0.5, 0.6) is 0 Å². The van der Waals surface area contributed by atoms with Crippen molar-refractivity contribution in [2.45, 2.75) is 43.7 Å². The van der Waals surface area contributed by atoms with Gasteiger partial charge in [-0.3, -0.25) is 14.2 Å². The smallest absolute Gasteiger partial charge is 0.325 e. The van der Waals surface area contributed by atoms with Gasteiger partial charge in [-0.05, 0) is 36.7 Å². The highest BCUT2D eigenvalue weighted by Gasteiger charge is 2.47. The molecule has 192 valence electrons. The number of carbonyl (C=O) groups is 1. The van der Waals surface area contributed by atoms with Gasteiger partial charge in [0, 0.05) is 31.0 Å². The van der Waals surface area contributed by atoms with Gasteiger partial charge in [0.05, 0.1) is 46.5 Å². The lowest BCUT2D eigenvalue weighted by molar-refractivity contribution is -0.137. The van der Waals surface area contributed by atoms with E-state index in [1.807, 2.05) is 29.2 Å². The minimum Gasteiger partial charge on any atom is -0.480 e. The maximum atomic E-state index is 10.9. The van der Waals surface area contributed by atoms with Crippen LogP contribution < -0.4 is 5.32 Å². The van der Waals surface area contributed by atoms with Crippen molar-refractivity contribution in [3.8, 4) is 17.3 Å². The lowest BCUT2D eigenvalue weighted by Gasteiger charge is -2.49. The Balaban J connectivity index is 1.41. The molecule has 3 N–H and O–H groups in total. The van der Waals surface area contributed by atoms with Crippen LogP contribution in [0.25, 0.3) is 21.5 Å². The number of anilines is 2. The molecule has 4 aromatic rings. The molecule has 4 aromatic heterocycles. The molecule has 0 radical (unpaired) electrons. The van der Waals surface area contributed by atoms with Crippen molar-refractivity contribution in [3.05, 3.63) is 36.2 Å². The van der Waals surface area contributed by atoms with Gasteiger partial charge in [-0.2, -0.15) is 15.5 Å². The predicted molar refractivity (Wildman–Crippen MR) is 140 cm³/mol. The second kappa shape index (κ2) is 9.75. The Morgan fingerprint density at radius 2 is 2.14 bits per heavy atom. The molecule has 14 heteroatoms. The Morgan fingerprint density at radius 1 is 1.32 bits per heavy atom. The van der Waals surface area contributed by atoms with E-state index in [0.29, 0.717) is 43.3 Å². The van der Waals surface area contributed by atoms with E-state index in [9.17, 15) is 15.2 Å². The summed E-state index contributed by atoms with van der Waals surface area (Å²) in [6.45, 7) is 4.67. The van der Waals surface area contributed by atoms with Crippen molar-refractivity contribution in [3.63, 3.8) is 0 Å². The Labute approximate surface area is 220 Å². The topological polar surface area (TPSA) is 158 Å².